The number of nitrogens with zero attached hydrogens (tertiary/aromatic N) is 4. The van der Waals surface area contributed by atoms with E-state index >= 15 is 8.78 Å². The Morgan fingerprint density at radius 2 is 1.91 bits per heavy atom. The Hall–Kier alpha value is -4.70. The molecule has 10 nitrogen and oxygen atoms in total. The fourth-order valence-electron chi connectivity index (χ4n) is 5.95. The lowest BCUT2D eigenvalue weighted by Gasteiger charge is -2.41. The van der Waals surface area contributed by atoms with Crippen molar-refractivity contribution in [3.05, 3.63) is 53.2 Å². The van der Waals surface area contributed by atoms with Crippen LogP contribution in [0.15, 0.2) is 30.5 Å². The number of aryl methyl sites for hydroxylation is 1. The van der Waals surface area contributed by atoms with E-state index < -0.39 is 35.3 Å². The van der Waals surface area contributed by atoms with Gasteiger partial charge in [0.2, 0.25) is 0 Å². The number of benzene rings is 2. The van der Waals surface area contributed by atoms with Crippen LogP contribution >= 0.6 is 11.3 Å². The second kappa shape index (κ2) is 10.2. The number of amides is 3. The summed E-state index contributed by atoms with van der Waals surface area (Å²) in [6, 6.07) is 7.11. The Morgan fingerprint density at radius 3 is 2.60 bits per heavy atom. The van der Waals surface area contributed by atoms with Gasteiger partial charge in [-0.25, -0.2) is 18.4 Å². The lowest BCUT2D eigenvalue weighted by atomic mass is 9.93. The van der Waals surface area contributed by atoms with Crippen LogP contribution in [0, 0.1) is 23.0 Å². The molecule has 3 amide bonds. The molecule has 0 aliphatic carbocycles. The van der Waals surface area contributed by atoms with E-state index in [0.717, 1.165) is 17.4 Å². The van der Waals surface area contributed by atoms with Gasteiger partial charge in [0.05, 0.1) is 27.4 Å². The molecule has 2 N–H and O–H groups in total. The summed E-state index contributed by atoms with van der Waals surface area (Å²) in [5, 5.41) is 22.7. The van der Waals surface area contributed by atoms with Gasteiger partial charge >= 0.3 is 12.2 Å². The largest absolute Gasteiger partial charge is 0.465 e. The normalized spacial score (nSPS) is 16.9. The summed E-state index contributed by atoms with van der Waals surface area (Å²) in [6.07, 6.45) is 0.374. The number of thiophene rings is 1. The number of rotatable bonds is 2. The zero-order chi connectivity index (χ0) is 30.8. The SMILES string of the molecule is CC(C)(C)OC(=O)Nc1sc2c(F)ccc(-c3c(F)cc4c5c3ccn5CCC3CN(C(=O)O)CCN3C4=O)c2c1C#N. The fourth-order valence-corrected chi connectivity index (χ4v) is 7.02. The first-order chi connectivity index (χ1) is 20.4. The molecule has 4 aromatic rings. The summed E-state index contributed by atoms with van der Waals surface area (Å²) in [7, 11) is 0. The van der Waals surface area contributed by atoms with Crippen LogP contribution in [0.5, 0.6) is 0 Å². The average molecular weight is 608 g/mol. The molecular weight excluding hydrogens is 580 g/mol. The van der Waals surface area contributed by atoms with Crippen molar-refractivity contribution in [3.8, 4) is 17.2 Å². The van der Waals surface area contributed by atoms with Crippen molar-refractivity contribution in [2.75, 3.05) is 25.0 Å². The predicted octanol–water partition coefficient (Wildman–Crippen LogP) is 6.23. The molecule has 2 aliphatic heterocycles. The molecule has 0 radical (unpaired) electrons. The smallest absolute Gasteiger partial charge is 0.412 e. The maximum Gasteiger partial charge on any atom is 0.412 e. The molecule has 1 saturated heterocycles. The standard InChI is InChI=1S/C30H27F2N5O5S/c1-30(2,3)42-28(39)34-26-19(13-33)23-16(4-5-20(31)25(23)43-26)22-17-7-9-35-8-6-15-14-36(29(40)41)10-11-37(15)27(38)18(24(17)35)12-21(22)32/h4-5,7,9,12,15H,6,8,10-11,14H2,1-3H3,(H,34,39)(H,40,41). The first kappa shape index (κ1) is 28.4. The number of nitriles is 1. The van der Waals surface area contributed by atoms with Crippen molar-refractivity contribution in [3.63, 3.8) is 0 Å². The number of nitrogens with one attached hydrogen (secondary N) is 1. The number of ether oxygens (including phenoxy) is 1. The van der Waals surface area contributed by atoms with Gasteiger partial charge in [0.15, 0.2) is 0 Å². The Balaban J connectivity index is 1.50. The molecule has 2 aromatic heterocycles. The van der Waals surface area contributed by atoms with Crippen molar-refractivity contribution in [1.29, 1.82) is 5.26 Å². The first-order valence-corrected chi connectivity index (χ1v) is 14.4. The third kappa shape index (κ3) is 4.81. The van der Waals surface area contributed by atoms with E-state index in [1.807, 2.05) is 10.6 Å². The second-order valence-corrected chi connectivity index (χ2v) is 12.6. The van der Waals surface area contributed by atoms with Gasteiger partial charge in [0.25, 0.3) is 5.91 Å². The molecule has 1 fully saturated rings. The van der Waals surface area contributed by atoms with E-state index in [1.165, 1.54) is 17.0 Å². The molecule has 4 heterocycles. The first-order valence-electron chi connectivity index (χ1n) is 13.6. The Labute approximate surface area is 248 Å². The van der Waals surface area contributed by atoms with Crippen LogP contribution in [0.2, 0.25) is 0 Å². The fraction of sp³-hybridized carbons (Fsp3) is 0.333. The third-order valence-electron chi connectivity index (χ3n) is 7.73. The van der Waals surface area contributed by atoms with Crippen molar-refractivity contribution >= 4 is 55.4 Å². The number of carbonyl (C=O) groups excluding carboxylic acids is 2. The molecular formula is C30H27F2N5O5S. The molecule has 222 valence electrons. The molecule has 0 bridgehead atoms. The minimum Gasteiger partial charge on any atom is -0.465 e. The zero-order valence-corrected chi connectivity index (χ0v) is 24.3. The highest BCUT2D eigenvalue weighted by Crippen LogP contribution is 2.45. The number of anilines is 1. The maximum absolute atomic E-state index is 16.2. The molecule has 43 heavy (non-hydrogen) atoms. The average Bonchev–Trinajstić information content (AvgIpc) is 3.51. The van der Waals surface area contributed by atoms with Gasteiger partial charge in [-0.3, -0.25) is 10.1 Å². The Bertz CT molecular complexity index is 1890. The number of carboxylic acid groups (broad SMARTS) is 1. The number of carbonyl (C=O) groups is 3. The van der Waals surface area contributed by atoms with E-state index in [0.29, 0.717) is 23.9 Å². The molecule has 1 unspecified atom stereocenters. The van der Waals surface area contributed by atoms with Crippen LogP contribution in [0.4, 0.5) is 23.4 Å². The highest BCUT2D eigenvalue weighted by atomic mass is 32.1. The van der Waals surface area contributed by atoms with Gasteiger partial charge in [0.1, 0.15) is 28.3 Å². The van der Waals surface area contributed by atoms with Crippen LogP contribution in [0.3, 0.4) is 0 Å². The minimum atomic E-state index is -1.05. The van der Waals surface area contributed by atoms with Gasteiger partial charge in [-0.1, -0.05) is 6.07 Å². The lowest BCUT2D eigenvalue weighted by molar-refractivity contribution is 0.0420. The molecule has 6 rings (SSSR count). The molecule has 2 aromatic carbocycles. The monoisotopic (exact) mass is 607 g/mol. The number of fused-ring (bicyclic) bond motifs is 2. The Kier molecular flexibility index (Phi) is 6.76. The van der Waals surface area contributed by atoms with E-state index in [-0.39, 0.29) is 63.0 Å². The van der Waals surface area contributed by atoms with Crippen molar-refractivity contribution in [2.24, 2.45) is 0 Å². The van der Waals surface area contributed by atoms with Gasteiger partial charge < -0.3 is 24.2 Å². The number of aromatic nitrogens is 1. The number of halogens is 2. The lowest BCUT2D eigenvalue weighted by Crippen LogP contribution is -2.57. The summed E-state index contributed by atoms with van der Waals surface area (Å²) in [4.78, 5) is 40.7. The highest BCUT2D eigenvalue weighted by molar-refractivity contribution is 7.23. The molecule has 1 atom stereocenters. The van der Waals surface area contributed by atoms with E-state index in [9.17, 15) is 24.8 Å². The number of hydrogen-bond acceptors (Lipinski definition) is 6. The maximum atomic E-state index is 16.2. The zero-order valence-electron chi connectivity index (χ0n) is 23.5. The predicted molar refractivity (Wildman–Crippen MR) is 156 cm³/mol. The summed E-state index contributed by atoms with van der Waals surface area (Å²) < 4.78 is 38.6. The van der Waals surface area contributed by atoms with Crippen molar-refractivity contribution in [2.45, 2.75) is 45.4 Å². The van der Waals surface area contributed by atoms with Crippen molar-refractivity contribution < 1.29 is 33.0 Å². The quantitative estimate of drug-likeness (QED) is 0.278. The van der Waals surface area contributed by atoms with Gasteiger partial charge in [-0.05, 0) is 51.0 Å². The second-order valence-electron chi connectivity index (χ2n) is 11.6. The number of piperazine rings is 1. The topological polar surface area (TPSA) is 128 Å². The Morgan fingerprint density at radius 1 is 1.14 bits per heavy atom. The van der Waals surface area contributed by atoms with E-state index in [4.69, 9.17) is 4.74 Å². The van der Waals surface area contributed by atoms with Crippen LogP contribution in [0.25, 0.3) is 32.1 Å². The van der Waals surface area contributed by atoms with E-state index in [1.54, 1.807) is 37.9 Å². The molecule has 0 spiro atoms. The van der Waals surface area contributed by atoms with E-state index in [2.05, 4.69) is 5.32 Å². The third-order valence-corrected chi connectivity index (χ3v) is 8.85. The van der Waals surface area contributed by atoms with Crippen LogP contribution < -0.4 is 5.32 Å². The molecule has 2 aliphatic rings. The minimum absolute atomic E-state index is 0.0345. The van der Waals surface area contributed by atoms with Crippen LogP contribution in [0.1, 0.15) is 43.1 Å². The summed E-state index contributed by atoms with van der Waals surface area (Å²) in [6.45, 7) is 6.02. The summed E-state index contributed by atoms with van der Waals surface area (Å²) in [5.41, 5.74) is 0.141. The summed E-state index contributed by atoms with van der Waals surface area (Å²) in [5.74, 6) is -1.77. The van der Waals surface area contributed by atoms with Crippen LogP contribution in [-0.4, -0.2) is 68.8 Å². The van der Waals surface area contributed by atoms with Gasteiger partial charge in [0, 0.05) is 48.7 Å². The van der Waals surface area contributed by atoms with Crippen LogP contribution in [-0.2, 0) is 11.3 Å². The molecule has 0 saturated carbocycles. The number of hydrogen-bond donors (Lipinski definition) is 2. The van der Waals surface area contributed by atoms with Gasteiger partial charge in [-0.15, -0.1) is 11.3 Å². The molecule has 13 heteroatoms. The van der Waals surface area contributed by atoms with Gasteiger partial charge in [-0.2, -0.15) is 5.26 Å². The van der Waals surface area contributed by atoms with Crippen molar-refractivity contribution in [1.82, 2.24) is 14.4 Å². The summed E-state index contributed by atoms with van der Waals surface area (Å²) >= 11 is 0.851. The highest BCUT2D eigenvalue weighted by Gasteiger charge is 2.36.